The lowest BCUT2D eigenvalue weighted by atomic mass is 10.0. The van der Waals surface area contributed by atoms with E-state index in [0.717, 1.165) is 6.07 Å². The number of carbonyl (C=O) groups is 1. The molecule has 0 unspecified atom stereocenters. The van der Waals surface area contributed by atoms with E-state index in [1.807, 2.05) is 0 Å². The largest absolute Gasteiger partial charge is 0.496 e. The summed E-state index contributed by atoms with van der Waals surface area (Å²) in [5, 5.41) is 0.281. The molecule has 3 nitrogen and oxygen atoms in total. The molecule has 0 saturated carbocycles. The van der Waals surface area contributed by atoms with E-state index >= 15 is 0 Å². The van der Waals surface area contributed by atoms with Crippen molar-refractivity contribution in [2.75, 3.05) is 14.2 Å². The second-order valence-corrected chi connectivity index (χ2v) is 4.43. The summed E-state index contributed by atoms with van der Waals surface area (Å²) < 4.78 is 24.1. The Morgan fingerprint density at radius 3 is 2.25 bits per heavy atom. The molecule has 0 saturated heterocycles. The van der Waals surface area contributed by atoms with Crippen molar-refractivity contribution >= 4 is 17.4 Å². The summed E-state index contributed by atoms with van der Waals surface area (Å²) in [5.41, 5.74) is 0.0407. The van der Waals surface area contributed by atoms with E-state index in [4.69, 9.17) is 21.1 Å². The van der Waals surface area contributed by atoms with Crippen molar-refractivity contribution in [2.45, 2.75) is 0 Å². The van der Waals surface area contributed by atoms with Gasteiger partial charge in [0.05, 0.1) is 19.8 Å². The summed E-state index contributed by atoms with van der Waals surface area (Å²) in [7, 11) is 2.86. The Bertz CT molecular complexity index is 633. The molecule has 0 heterocycles. The van der Waals surface area contributed by atoms with Gasteiger partial charge >= 0.3 is 0 Å². The van der Waals surface area contributed by atoms with E-state index in [9.17, 15) is 9.18 Å². The maximum atomic E-state index is 13.8. The molecule has 0 aliphatic heterocycles. The van der Waals surface area contributed by atoms with Gasteiger partial charge in [-0.25, -0.2) is 4.39 Å². The van der Waals surface area contributed by atoms with E-state index in [-0.39, 0.29) is 16.1 Å². The molecule has 2 aromatic carbocycles. The first-order chi connectivity index (χ1) is 9.58. The fourth-order valence-electron chi connectivity index (χ4n) is 1.88. The third-order valence-electron chi connectivity index (χ3n) is 2.83. The van der Waals surface area contributed by atoms with Crippen molar-refractivity contribution in [3.05, 3.63) is 58.4 Å². The van der Waals surface area contributed by atoms with Gasteiger partial charge in [-0.15, -0.1) is 0 Å². The summed E-state index contributed by atoms with van der Waals surface area (Å²) in [6, 6.07) is 8.72. The first kappa shape index (κ1) is 14.3. The molecular formula is C15H12ClFO3. The van der Waals surface area contributed by atoms with Crippen molar-refractivity contribution in [3.8, 4) is 11.5 Å². The molecule has 0 spiro atoms. The van der Waals surface area contributed by atoms with Crippen LogP contribution in [0.5, 0.6) is 11.5 Å². The topological polar surface area (TPSA) is 35.5 Å². The van der Waals surface area contributed by atoms with Gasteiger partial charge in [-0.05, 0) is 30.3 Å². The first-order valence-corrected chi connectivity index (χ1v) is 6.17. The quantitative estimate of drug-likeness (QED) is 0.806. The maximum absolute atomic E-state index is 13.8. The van der Waals surface area contributed by atoms with Gasteiger partial charge in [0.15, 0.2) is 0 Å². The second kappa shape index (κ2) is 5.92. The summed E-state index contributed by atoms with van der Waals surface area (Å²) >= 11 is 5.81. The predicted octanol–water partition coefficient (Wildman–Crippen LogP) is 3.73. The minimum absolute atomic E-state index is 0.125. The van der Waals surface area contributed by atoms with Gasteiger partial charge < -0.3 is 9.47 Å². The van der Waals surface area contributed by atoms with E-state index in [1.54, 1.807) is 18.2 Å². The lowest BCUT2D eigenvalue weighted by Crippen LogP contribution is -2.08. The van der Waals surface area contributed by atoms with Gasteiger partial charge in [0.2, 0.25) is 5.78 Å². The van der Waals surface area contributed by atoms with Crippen molar-refractivity contribution in [2.24, 2.45) is 0 Å². The molecule has 2 aromatic rings. The lowest BCUT2D eigenvalue weighted by Gasteiger charge is -2.12. The number of hydrogen-bond acceptors (Lipinski definition) is 3. The first-order valence-electron chi connectivity index (χ1n) is 5.79. The zero-order valence-electron chi connectivity index (χ0n) is 10.9. The average Bonchev–Trinajstić information content (AvgIpc) is 2.48. The van der Waals surface area contributed by atoms with E-state index in [0.29, 0.717) is 11.5 Å². The number of halogens is 2. The van der Waals surface area contributed by atoms with Crippen LogP contribution in [0, 0.1) is 5.82 Å². The SMILES string of the molecule is COc1cccc(OC)c1C(=O)c1cc(Cl)ccc1F. The van der Waals surface area contributed by atoms with Crippen LogP contribution in [0.15, 0.2) is 36.4 Å². The van der Waals surface area contributed by atoms with Gasteiger partial charge in [-0.1, -0.05) is 17.7 Å². The van der Waals surface area contributed by atoms with Gasteiger partial charge in [0.25, 0.3) is 0 Å². The Morgan fingerprint density at radius 1 is 1.10 bits per heavy atom. The number of hydrogen-bond donors (Lipinski definition) is 0. The molecule has 2 rings (SSSR count). The Balaban J connectivity index is 2.61. The zero-order valence-corrected chi connectivity index (χ0v) is 11.7. The summed E-state index contributed by atoms with van der Waals surface area (Å²) in [5.74, 6) is -0.561. The fraction of sp³-hybridized carbons (Fsp3) is 0.133. The van der Waals surface area contributed by atoms with Crippen LogP contribution >= 0.6 is 11.6 Å². The monoisotopic (exact) mass is 294 g/mol. The van der Waals surface area contributed by atoms with Crippen LogP contribution in [0.2, 0.25) is 5.02 Å². The van der Waals surface area contributed by atoms with E-state index in [1.165, 1.54) is 26.4 Å². The predicted molar refractivity (Wildman–Crippen MR) is 74.4 cm³/mol. The standard InChI is InChI=1S/C15H12ClFO3/c1-19-12-4-3-5-13(20-2)14(12)15(18)10-8-9(16)6-7-11(10)17/h3-8H,1-2H3. The number of ketones is 1. The number of methoxy groups -OCH3 is 2. The molecule has 0 aliphatic carbocycles. The highest BCUT2D eigenvalue weighted by Gasteiger charge is 2.22. The molecule has 0 amide bonds. The average molecular weight is 295 g/mol. The molecule has 0 radical (unpaired) electrons. The third kappa shape index (κ3) is 2.60. The number of ether oxygens (including phenoxy) is 2. The van der Waals surface area contributed by atoms with Crippen LogP contribution in [0.1, 0.15) is 15.9 Å². The molecule has 0 bridgehead atoms. The molecule has 0 aromatic heterocycles. The van der Waals surface area contributed by atoms with Gasteiger partial charge in [-0.3, -0.25) is 4.79 Å². The minimum Gasteiger partial charge on any atom is -0.496 e. The lowest BCUT2D eigenvalue weighted by molar-refractivity contribution is 0.102. The van der Waals surface area contributed by atoms with E-state index < -0.39 is 11.6 Å². The summed E-state index contributed by atoms with van der Waals surface area (Å²) in [4.78, 5) is 12.5. The van der Waals surface area contributed by atoms with Gasteiger partial charge in [0, 0.05) is 5.02 Å². The summed E-state index contributed by atoms with van der Waals surface area (Å²) in [6.45, 7) is 0. The van der Waals surface area contributed by atoms with Crippen LogP contribution in [-0.4, -0.2) is 20.0 Å². The number of rotatable bonds is 4. The highest BCUT2D eigenvalue weighted by atomic mass is 35.5. The summed E-state index contributed by atoms with van der Waals surface area (Å²) in [6.07, 6.45) is 0. The van der Waals surface area contributed by atoms with Crippen molar-refractivity contribution in [1.29, 1.82) is 0 Å². The van der Waals surface area contributed by atoms with Crippen LogP contribution in [0.4, 0.5) is 4.39 Å². The third-order valence-corrected chi connectivity index (χ3v) is 3.06. The molecule has 20 heavy (non-hydrogen) atoms. The second-order valence-electron chi connectivity index (χ2n) is 3.99. The number of carbonyl (C=O) groups excluding carboxylic acids is 1. The van der Waals surface area contributed by atoms with E-state index in [2.05, 4.69) is 0 Å². The van der Waals surface area contributed by atoms with Crippen molar-refractivity contribution in [1.82, 2.24) is 0 Å². The normalized spacial score (nSPS) is 10.2. The molecule has 0 fully saturated rings. The highest BCUT2D eigenvalue weighted by Crippen LogP contribution is 2.31. The van der Waals surface area contributed by atoms with Gasteiger partial charge in [-0.2, -0.15) is 0 Å². The number of benzene rings is 2. The van der Waals surface area contributed by atoms with Gasteiger partial charge in [0.1, 0.15) is 22.9 Å². The Hall–Kier alpha value is -2.07. The minimum atomic E-state index is -0.646. The molecule has 104 valence electrons. The Labute approximate surface area is 120 Å². The van der Waals surface area contributed by atoms with Crippen LogP contribution in [-0.2, 0) is 0 Å². The maximum Gasteiger partial charge on any atom is 0.203 e. The smallest absolute Gasteiger partial charge is 0.203 e. The molecule has 0 atom stereocenters. The van der Waals surface area contributed by atoms with Crippen molar-refractivity contribution < 1.29 is 18.7 Å². The van der Waals surface area contributed by atoms with Crippen LogP contribution < -0.4 is 9.47 Å². The Kier molecular flexibility index (Phi) is 4.25. The van der Waals surface area contributed by atoms with Crippen LogP contribution in [0.3, 0.4) is 0 Å². The highest BCUT2D eigenvalue weighted by molar-refractivity contribution is 6.31. The molecular weight excluding hydrogens is 283 g/mol. The molecule has 5 heteroatoms. The molecule has 0 N–H and O–H groups in total. The molecule has 0 aliphatic rings. The fourth-order valence-corrected chi connectivity index (χ4v) is 2.05. The van der Waals surface area contributed by atoms with Crippen LogP contribution in [0.25, 0.3) is 0 Å². The van der Waals surface area contributed by atoms with Crippen molar-refractivity contribution in [3.63, 3.8) is 0 Å². The zero-order chi connectivity index (χ0) is 14.7. The Morgan fingerprint density at radius 2 is 1.70 bits per heavy atom.